The second-order valence-electron chi connectivity index (χ2n) is 3.86. The van der Waals surface area contributed by atoms with E-state index >= 15 is 0 Å². The van der Waals surface area contributed by atoms with Crippen LogP contribution in [0.15, 0.2) is 36.7 Å². The molecular weight excluding hydrogens is 214 g/mol. The molecule has 0 saturated heterocycles. The average Bonchev–Trinajstić information content (AvgIpc) is 2.83. The Kier molecular flexibility index (Phi) is 3.65. The Hall–Kier alpha value is -1.97. The predicted molar refractivity (Wildman–Crippen MR) is 68.2 cm³/mol. The quantitative estimate of drug-likeness (QED) is 0.831. The van der Waals surface area contributed by atoms with Crippen LogP contribution in [0.1, 0.15) is 25.5 Å². The van der Waals surface area contributed by atoms with E-state index in [0.717, 1.165) is 11.4 Å². The molecule has 17 heavy (non-hydrogen) atoms. The number of H-pyrrole nitrogens is 1. The minimum Gasteiger partial charge on any atom is -0.494 e. The molecule has 90 valence electrons. The Morgan fingerprint density at radius 3 is 2.71 bits per heavy atom. The molecule has 2 rings (SSSR count). The molecule has 1 aromatic heterocycles. The second kappa shape index (κ2) is 5.39. The molecule has 2 N–H and O–H groups in total. The predicted octanol–water partition coefficient (Wildman–Crippen LogP) is 2.98. The minimum atomic E-state index is 0.239. The zero-order valence-electron chi connectivity index (χ0n) is 10.1. The van der Waals surface area contributed by atoms with Gasteiger partial charge in [-0.2, -0.15) is 5.10 Å². The summed E-state index contributed by atoms with van der Waals surface area (Å²) < 4.78 is 5.41. The monoisotopic (exact) mass is 231 g/mol. The number of benzene rings is 1. The molecule has 0 amide bonds. The molecule has 2 aromatic rings. The molecule has 0 saturated carbocycles. The number of aromatic amines is 1. The summed E-state index contributed by atoms with van der Waals surface area (Å²) in [6.45, 7) is 4.79. The van der Waals surface area contributed by atoms with Gasteiger partial charge in [-0.15, -0.1) is 0 Å². The zero-order valence-corrected chi connectivity index (χ0v) is 10.1. The third-order valence-electron chi connectivity index (χ3n) is 2.57. The first-order valence-electron chi connectivity index (χ1n) is 5.77. The number of nitrogens with one attached hydrogen (secondary N) is 2. The molecule has 0 aliphatic heterocycles. The number of hydrogen-bond acceptors (Lipinski definition) is 3. The Balaban J connectivity index is 2.01. The molecule has 1 aromatic carbocycles. The number of anilines is 1. The normalized spacial score (nSPS) is 12.1. The first-order valence-corrected chi connectivity index (χ1v) is 5.77. The lowest BCUT2D eigenvalue weighted by atomic mass is 10.1. The fourth-order valence-electron chi connectivity index (χ4n) is 1.68. The number of rotatable bonds is 5. The molecule has 0 aliphatic carbocycles. The number of aromatic nitrogens is 2. The maximum Gasteiger partial charge on any atom is 0.119 e. The van der Waals surface area contributed by atoms with E-state index in [0.29, 0.717) is 6.61 Å². The summed E-state index contributed by atoms with van der Waals surface area (Å²) in [6, 6.07) is 8.37. The van der Waals surface area contributed by atoms with Gasteiger partial charge in [-0.25, -0.2) is 0 Å². The van der Waals surface area contributed by atoms with Crippen molar-refractivity contribution >= 4 is 5.69 Å². The maximum atomic E-state index is 5.41. The molecule has 0 aliphatic rings. The van der Waals surface area contributed by atoms with E-state index in [1.165, 1.54) is 5.56 Å². The summed E-state index contributed by atoms with van der Waals surface area (Å²) in [7, 11) is 0. The lowest BCUT2D eigenvalue weighted by molar-refractivity contribution is 0.340. The van der Waals surface area contributed by atoms with Crippen molar-refractivity contribution in [2.45, 2.75) is 19.9 Å². The van der Waals surface area contributed by atoms with Gasteiger partial charge < -0.3 is 10.1 Å². The van der Waals surface area contributed by atoms with Crippen molar-refractivity contribution in [1.82, 2.24) is 10.2 Å². The molecule has 4 heteroatoms. The van der Waals surface area contributed by atoms with Crippen LogP contribution in [-0.4, -0.2) is 16.8 Å². The van der Waals surface area contributed by atoms with E-state index in [4.69, 9.17) is 4.74 Å². The Morgan fingerprint density at radius 2 is 2.12 bits per heavy atom. The van der Waals surface area contributed by atoms with Crippen molar-refractivity contribution in [2.24, 2.45) is 0 Å². The fourth-order valence-corrected chi connectivity index (χ4v) is 1.68. The van der Waals surface area contributed by atoms with E-state index in [2.05, 4.69) is 34.6 Å². The Labute approximate surface area is 101 Å². The first kappa shape index (κ1) is 11.5. The summed E-state index contributed by atoms with van der Waals surface area (Å²) in [4.78, 5) is 0. The molecule has 1 heterocycles. The third kappa shape index (κ3) is 3.00. The molecule has 0 spiro atoms. The standard InChI is InChI=1S/C13H17N3O/c1-3-17-13-6-4-11(5-7-13)10(2)16-12-8-14-15-9-12/h4-10,16H,3H2,1-2H3,(H,14,15). The van der Waals surface area contributed by atoms with Gasteiger partial charge in [0.2, 0.25) is 0 Å². The van der Waals surface area contributed by atoms with Gasteiger partial charge in [0.05, 0.1) is 18.5 Å². The summed E-state index contributed by atoms with van der Waals surface area (Å²) in [5.41, 5.74) is 2.21. The molecule has 1 atom stereocenters. The SMILES string of the molecule is CCOc1ccc(C(C)Nc2cn[nH]c2)cc1. The summed E-state index contributed by atoms with van der Waals surface area (Å²) in [6.07, 6.45) is 3.61. The van der Waals surface area contributed by atoms with Crippen molar-refractivity contribution in [2.75, 3.05) is 11.9 Å². The van der Waals surface area contributed by atoms with Gasteiger partial charge in [0.1, 0.15) is 5.75 Å². The fraction of sp³-hybridized carbons (Fsp3) is 0.308. The molecule has 0 bridgehead atoms. The van der Waals surface area contributed by atoms with Crippen LogP contribution in [0.4, 0.5) is 5.69 Å². The molecule has 0 radical (unpaired) electrons. The molecule has 4 nitrogen and oxygen atoms in total. The lowest BCUT2D eigenvalue weighted by Crippen LogP contribution is -2.05. The van der Waals surface area contributed by atoms with Gasteiger partial charge >= 0.3 is 0 Å². The van der Waals surface area contributed by atoms with Crippen LogP contribution in [0.25, 0.3) is 0 Å². The van der Waals surface area contributed by atoms with Crippen LogP contribution in [0.2, 0.25) is 0 Å². The lowest BCUT2D eigenvalue weighted by Gasteiger charge is -2.14. The van der Waals surface area contributed by atoms with Crippen LogP contribution in [0.3, 0.4) is 0 Å². The van der Waals surface area contributed by atoms with Crippen LogP contribution in [-0.2, 0) is 0 Å². The van der Waals surface area contributed by atoms with Gasteiger partial charge in [0.25, 0.3) is 0 Å². The summed E-state index contributed by atoms with van der Waals surface area (Å²) in [5.74, 6) is 0.909. The highest BCUT2D eigenvalue weighted by Gasteiger charge is 2.05. The van der Waals surface area contributed by atoms with Gasteiger partial charge in [-0.05, 0) is 31.5 Å². The number of nitrogens with zero attached hydrogens (tertiary/aromatic N) is 1. The van der Waals surface area contributed by atoms with Gasteiger partial charge in [-0.1, -0.05) is 12.1 Å². The van der Waals surface area contributed by atoms with Crippen molar-refractivity contribution < 1.29 is 4.74 Å². The maximum absolute atomic E-state index is 5.41. The smallest absolute Gasteiger partial charge is 0.119 e. The topological polar surface area (TPSA) is 49.9 Å². The van der Waals surface area contributed by atoms with E-state index in [1.54, 1.807) is 6.20 Å². The highest BCUT2D eigenvalue weighted by atomic mass is 16.5. The molecule has 1 unspecified atom stereocenters. The summed E-state index contributed by atoms with van der Waals surface area (Å²) in [5, 5.41) is 10.0. The first-order chi connectivity index (χ1) is 8.29. The van der Waals surface area contributed by atoms with Crippen LogP contribution in [0.5, 0.6) is 5.75 Å². The van der Waals surface area contributed by atoms with E-state index in [9.17, 15) is 0 Å². The number of ether oxygens (including phenoxy) is 1. The van der Waals surface area contributed by atoms with Gasteiger partial charge in [0, 0.05) is 12.2 Å². The second-order valence-corrected chi connectivity index (χ2v) is 3.86. The zero-order chi connectivity index (χ0) is 12.1. The van der Waals surface area contributed by atoms with Crippen LogP contribution < -0.4 is 10.1 Å². The van der Waals surface area contributed by atoms with Crippen molar-refractivity contribution in [3.8, 4) is 5.75 Å². The Bertz CT molecular complexity index is 436. The average molecular weight is 231 g/mol. The van der Waals surface area contributed by atoms with Crippen molar-refractivity contribution in [1.29, 1.82) is 0 Å². The highest BCUT2D eigenvalue weighted by molar-refractivity contribution is 5.41. The molecule has 0 fully saturated rings. The van der Waals surface area contributed by atoms with E-state index in [1.807, 2.05) is 25.3 Å². The number of hydrogen-bond donors (Lipinski definition) is 2. The summed E-state index contributed by atoms with van der Waals surface area (Å²) >= 11 is 0. The van der Waals surface area contributed by atoms with Crippen molar-refractivity contribution in [3.05, 3.63) is 42.2 Å². The van der Waals surface area contributed by atoms with Gasteiger partial charge in [0.15, 0.2) is 0 Å². The van der Waals surface area contributed by atoms with Crippen molar-refractivity contribution in [3.63, 3.8) is 0 Å². The van der Waals surface area contributed by atoms with Crippen LogP contribution >= 0.6 is 0 Å². The molecular formula is C13H17N3O. The van der Waals surface area contributed by atoms with Crippen LogP contribution in [0, 0.1) is 0 Å². The Morgan fingerprint density at radius 1 is 1.35 bits per heavy atom. The van der Waals surface area contributed by atoms with E-state index in [-0.39, 0.29) is 6.04 Å². The van der Waals surface area contributed by atoms with Gasteiger partial charge in [-0.3, -0.25) is 5.10 Å². The third-order valence-corrected chi connectivity index (χ3v) is 2.57. The van der Waals surface area contributed by atoms with E-state index < -0.39 is 0 Å². The highest BCUT2D eigenvalue weighted by Crippen LogP contribution is 2.20. The largest absolute Gasteiger partial charge is 0.494 e. The minimum absolute atomic E-state index is 0.239.